The molecule has 0 saturated heterocycles. The highest BCUT2D eigenvalue weighted by Gasteiger charge is 2.24. The molecule has 5 nitrogen and oxygen atoms in total. The number of rotatable bonds is 2. The van der Waals surface area contributed by atoms with Gasteiger partial charge in [0, 0.05) is 12.4 Å². The standard InChI is InChI=1S/C10H10N2O3/c13-9(14)5-8-10(15)12-7-4-2-1-3-6(7)11-8/h1-4,8,11H,5H2,(H,12,15)(H,13,14)/p-1/t8-/m1/s1. The zero-order chi connectivity index (χ0) is 10.8. The molecule has 1 aromatic carbocycles. The fraction of sp³-hybridized carbons (Fsp3) is 0.200. The molecule has 1 aromatic rings. The molecule has 0 spiro atoms. The van der Waals surface area contributed by atoms with E-state index in [9.17, 15) is 14.7 Å². The average Bonchev–Trinajstić information content (AvgIpc) is 2.18. The number of fused-ring (bicyclic) bond motifs is 1. The van der Waals surface area contributed by atoms with Crippen molar-refractivity contribution in [3.05, 3.63) is 24.3 Å². The van der Waals surface area contributed by atoms with Crippen molar-refractivity contribution in [2.24, 2.45) is 0 Å². The van der Waals surface area contributed by atoms with Crippen LogP contribution in [0.1, 0.15) is 6.42 Å². The molecule has 0 saturated carbocycles. The van der Waals surface area contributed by atoms with Crippen LogP contribution in [0.25, 0.3) is 0 Å². The molecule has 15 heavy (non-hydrogen) atoms. The average molecular weight is 205 g/mol. The van der Waals surface area contributed by atoms with E-state index in [1.54, 1.807) is 24.3 Å². The first-order valence-corrected chi connectivity index (χ1v) is 4.53. The van der Waals surface area contributed by atoms with Gasteiger partial charge in [-0.05, 0) is 12.1 Å². The van der Waals surface area contributed by atoms with Crippen molar-refractivity contribution in [1.29, 1.82) is 0 Å². The fourth-order valence-corrected chi connectivity index (χ4v) is 1.50. The van der Waals surface area contributed by atoms with Crippen LogP contribution in [0.4, 0.5) is 11.4 Å². The molecule has 1 aliphatic heterocycles. The van der Waals surface area contributed by atoms with Crippen LogP contribution < -0.4 is 15.7 Å². The number of carbonyl (C=O) groups is 2. The van der Waals surface area contributed by atoms with Crippen molar-refractivity contribution >= 4 is 23.3 Å². The number of hydrogen-bond acceptors (Lipinski definition) is 4. The highest BCUT2D eigenvalue weighted by atomic mass is 16.4. The smallest absolute Gasteiger partial charge is 0.247 e. The maximum atomic E-state index is 11.4. The van der Waals surface area contributed by atoms with E-state index in [-0.39, 0.29) is 12.3 Å². The molecule has 0 unspecified atom stereocenters. The molecule has 2 N–H and O–H groups in total. The van der Waals surface area contributed by atoms with Crippen molar-refractivity contribution < 1.29 is 14.7 Å². The summed E-state index contributed by atoms with van der Waals surface area (Å²) in [7, 11) is 0. The molecule has 0 aromatic heterocycles. The number of benzene rings is 1. The fourth-order valence-electron chi connectivity index (χ4n) is 1.50. The van der Waals surface area contributed by atoms with Gasteiger partial charge < -0.3 is 20.5 Å². The Morgan fingerprint density at radius 1 is 1.33 bits per heavy atom. The summed E-state index contributed by atoms with van der Waals surface area (Å²) in [5, 5.41) is 15.9. The normalized spacial score (nSPS) is 18.7. The largest absolute Gasteiger partial charge is 0.550 e. The number of nitrogens with one attached hydrogen (secondary N) is 2. The van der Waals surface area contributed by atoms with Gasteiger partial charge in [-0.2, -0.15) is 0 Å². The van der Waals surface area contributed by atoms with Gasteiger partial charge in [0.25, 0.3) is 0 Å². The Labute approximate surface area is 86.1 Å². The minimum absolute atomic E-state index is 0.333. The number of anilines is 2. The summed E-state index contributed by atoms with van der Waals surface area (Å²) in [4.78, 5) is 21.8. The first kappa shape index (κ1) is 9.51. The van der Waals surface area contributed by atoms with E-state index in [4.69, 9.17) is 0 Å². The van der Waals surface area contributed by atoms with Crippen LogP contribution in [-0.4, -0.2) is 17.9 Å². The van der Waals surface area contributed by atoms with E-state index in [1.807, 2.05) is 0 Å². The molecule has 5 heteroatoms. The van der Waals surface area contributed by atoms with Crippen LogP contribution >= 0.6 is 0 Å². The second-order valence-electron chi connectivity index (χ2n) is 3.31. The Morgan fingerprint density at radius 2 is 2.00 bits per heavy atom. The van der Waals surface area contributed by atoms with Gasteiger partial charge in [-0.25, -0.2) is 0 Å². The molecule has 0 fully saturated rings. The first-order valence-electron chi connectivity index (χ1n) is 4.53. The predicted octanol–water partition coefficient (Wildman–Crippen LogP) is -0.441. The number of aliphatic carboxylic acids is 1. The Balaban J connectivity index is 2.22. The van der Waals surface area contributed by atoms with Crippen LogP contribution in [0.15, 0.2) is 24.3 Å². The second kappa shape index (κ2) is 3.61. The molecule has 2 rings (SSSR count). The lowest BCUT2D eigenvalue weighted by Gasteiger charge is -2.26. The van der Waals surface area contributed by atoms with E-state index in [0.717, 1.165) is 5.69 Å². The Bertz CT molecular complexity index is 417. The lowest BCUT2D eigenvalue weighted by molar-refractivity contribution is -0.305. The summed E-state index contributed by atoms with van der Waals surface area (Å²) in [6.07, 6.45) is -0.333. The van der Waals surface area contributed by atoms with E-state index in [0.29, 0.717) is 5.69 Å². The number of carboxylic acid groups (broad SMARTS) is 1. The van der Waals surface area contributed by atoms with Gasteiger partial charge in [0.05, 0.1) is 11.4 Å². The van der Waals surface area contributed by atoms with E-state index in [2.05, 4.69) is 10.6 Å². The van der Waals surface area contributed by atoms with Gasteiger partial charge in [0.2, 0.25) is 5.91 Å². The Kier molecular flexibility index (Phi) is 2.29. The van der Waals surface area contributed by atoms with Gasteiger partial charge in [0.1, 0.15) is 6.04 Å². The summed E-state index contributed by atoms with van der Waals surface area (Å²) < 4.78 is 0. The van der Waals surface area contributed by atoms with Crippen molar-refractivity contribution in [3.63, 3.8) is 0 Å². The Morgan fingerprint density at radius 3 is 2.67 bits per heavy atom. The lowest BCUT2D eigenvalue weighted by Crippen LogP contribution is -2.42. The van der Waals surface area contributed by atoms with Crippen molar-refractivity contribution in [3.8, 4) is 0 Å². The van der Waals surface area contributed by atoms with Crippen molar-refractivity contribution in [2.75, 3.05) is 10.6 Å². The molecule has 1 amide bonds. The Hall–Kier alpha value is -2.04. The van der Waals surface area contributed by atoms with E-state index < -0.39 is 12.0 Å². The highest BCUT2D eigenvalue weighted by molar-refractivity contribution is 6.04. The minimum Gasteiger partial charge on any atom is -0.550 e. The molecular formula is C10H9N2O3-. The minimum atomic E-state index is -1.25. The van der Waals surface area contributed by atoms with Crippen LogP contribution in [0, 0.1) is 0 Å². The third-order valence-corrected chi connectivity index (χ3v) is 2.20. The van der Waals surface area contributed by atoms with Crippen molar-refractivity contribution in [2.45, 2.75) is 12.5 Å². The first-order chi connectivity index (χ1) is 7.16. The van der Waals surface area contributed by atoms with Gasteiger partial charge in [-0.15, -0.1) is 0 Å². The lowest BCUT2D eigenvalue weighted by atomic mass is 10.1. The number of amides is 1. The quantitative estimate of drug-likeness (QED) is 0.685. The van der Waals surface area contributed by atoms with Gasteiger partial charge >= 0.3 is 0 Å². The van der Waals surface area contributed by atoms with E-state index in [1.165, 1.54) is 0 Å². The molecule has 1 aliphatic rings. The van der Waals surface area contributed by atoms with Gasteiger partial charge in [0.15, 0.2) is 0 Å². The molecule has 1 heterocycles. The number of para-hydroxylation sites is 2. The number of hydrogen-bond donors (Lipinski definition) is 2. The summed E-state index contributed by atoms with van der Waals surface area (Å²) >= 11 is 0. The van der Waals surface area contributed by atoms with Gasteiger partial charge in [-0.3, -0.25) is 4.79 Å². The topological polar surface area (TPSA) is 81.3 Å². The summed E-state index contributed by atoms with van der Waals surface area (Å²) in [6, 6.07) is 6.36. The summed E-state index contributed by atoms with van der Waals surface area (Å²) in [5.74, 6) is -1.60. The van der Waals surface area contributed by atoms with E-state index >= 15 is 0 Å². The SMILES string of the molecule is O=C([O-])C[C@H]1Nc2ccccc2NC1=O. The number of carboxylic acids is 1. The molecular weight excluding hydrogens is 196 g/mol. The van der Waals surface area contributed by atoms with Crippen LogP contribution in [-0.2, 0) is 9.59 Å². The van der Waals surface area contributed by atoms with Crippen LogP contribution in [0.2, 0.25) is 0 Å². The maximum Gasteiger partial charge on any atom is 0.247 e. The molecule has 0 bridgehead atoms. The van der Waals surface area contributed by atoms with Crippen molar-refractivity contribution in [1.82, 2.24) is 0 Å². The molecule has 0 radical (unpaired) electrons. The summed E-state index contributed by atoms with van der Waals surface area (Å²) in [5.41, 5.74) is 1.39. The number of carbonyl (C=O) groups excluding carboxylic acids is 2. The monoisotopic (exact) mass is 205 g/mol. The third-order valence-electron chi connectivity index (χ3n) is 2.20. The predicted molar refractivity (Wildman–Crippen MR) is 52.1 cm³/mol. The van der Waals surface area contributed by atoms with Crippen LogP contribution in [0.5, 0.6) is 0 Å². The molecule has 0 aliphatic carbocycles. The second-order valence-corrected chi connectivity index (χ2v) is 3.31. The zero-order valence-electron chi connectivity index (χ0n) is 7.82. The maximum absolute atomic E-state index is 11.4. The van der Waals surface area contributed by atoms with Crippen LogP contribution in [0.3, 0.4) is 0 Å². The summed E-state index contributed by atoms with van der Waals surface area (Å²) in [6.45, 7) is 0. The zero-order valence-corrected chi connectivity index (χ0v) is 7.82. The molecule has 78 valence electrons. The third kappa shape index (κ3) is 1.90. The highest BCUT2D eigenvalue weighted by Crippen LogP contribution is 2.26. The van der Waals surface area contributed by atoms with Gasteiger partial charge in [-0.1, -0.05) is 12.1 Å². The molecule has 1 atom stereocenters.